The maximum absolute atomic E-state index is 11.7. The Morgan fingerprint density at radius 2 is 1.85 bits per heavy atom. The van der Waals surface area contributed by atoms with Crippen molar-refractivity contribution in [3.63, 3.8) is 0 Å². The number of nitrogens with zero attached hydrogens (tertiary/aromatic N) is 1. The quantitative estimate of drug-likeness (QED) is 0.625. The fourth-order valence-corrected chi connectivity index (χ4v) is 1.93. The first-order chi connectivity index (χ1) is 9.54. The Morgan fingerprint density at radius 1 is 1.20 bits per heavy atom. The molecule has 1 amide bonds. The van der Waals surface area contributed by atoms with Crippen molar-refractivity contribution in [3.8, 4) is 0 Å². The third kappa shape index (κ3) is 5.57. The summed E-state index contributed by atoms with van der Waals surface area (Å²) in [5.74, 6) is -0.00295. The van der Waals surface area contributed by atoms with E-state index in [2.05, 4.69) is 17.6 Å². The van der Waals surface area contributed by atoms with E-state index >= 15 is 0 Å². The van der Waals surface area contributed by atoms with Crippen LogP contribution in [0.15, 0.2) is 24.3 Å². The van der Waals surface area contributed by atoms with Crippen LogP contribution in [0, 0.1) is 0 Å². The van der Waals surface area contributed by atoms with Gasteiger partial charge in [-0.1, -0.05) is 19.8 Å². The minimum Gasteiger partial charge on any atom is -0.362 e. The van der Waals surface area contributed by atoms with Crippen LogP contribution in [0.25, 0.3) is 0 Å². The van der Waals surface area contributed by atoms with Gasteiger partial charge in [-0.25, -0.2) is 0 Å². The number of benzene rings is 1. The molecule has 1 aromatic rings. The molecule has 0 fully saturated rings. The summed E-state index contributed by atoms with van der Waals surface area (Å²) < 4.78 is 0. The van der Waals surface area contributed by atoms with E-state index in [4.69, 9.17) is 12.2 Å². The van der Waals surface area contributed by atoms with E-state index in [1.54, 1.807) is 31.1 Å². The lowest BCUT2D eigenvalue weighted by molar-refractivity contribution is 0.0827. The number of amides is 1. The Morgan fingerprint density at radius 3 is 2.40 bits per heavy atom. The molecule has 0 bridgehead atoms. The molecule has 4 nitrogen and oxygen atoms in total. The summed E-state index contributed by atoms with van der Waals surface area (Å²) in [6.45, 7) is 3.06. The molecule has 0 aliphatic heterocycles. The van der Waals surface area contributed by atoms with Crippen LogP contribution in [0.5, 0.6) is 0 Å². The number of carbonyl (C=O) groups excluding carboxylic acids is 1. The first-order valence-corrected chi connectivity index (χ1v) is 7.32. The summed E-state index contributed by atoms with van der Waals surface area (Å²) in [5, 5.41) is 6.89. The predicted octanol–water partition coefficient (Wildman–Crippen LogP) is 2.87. The number of nitrogens with one attached hydrogen (secondary N) is 2. The molecule has 0 saturated carbocycles. The molecule has 5 heteroatoms. The van der Waals surface area contributed by atoms with Gasteiger partial charge in [-0.05, 0) is 42.9 Å². The second-order valence-electron chi connectivity index (χ2n) is 4.86. The van der Waals surface area contributed by atoms with Crippen LogP contribution in [0.4, 0.5) is 5.69 Å². The van der Waals surface area contributed by atoms with Crippen molar-refractivity contribution < 1.29 is 4.79 Å². The van der Waals surface area contributed by atoms with Crippen molar-refractivity contribution in [3.05, 3.63) is 29.8 Å². The lowest BCUT2D eigenvalue weighted by atomic mass is 10.2. The van der Waals surface area contributed by atoms with Gasteiger partial charge in [0.25, 0.3) is 5.91 Å². The van der Waals surface area contributed by atoms with Crippen molar-refractivity contribution in [2.45, 2.75) is 26.2 Å². The summed E-state index contributed by atoms with van der Waals surface area (Å²) in [5.41, 5.74) is 1.55. The third-order valence-corrected chi connectivity index (χ3v) is 3.11. The summed E-state index contributed by atoms with van der Waals surface area (Å²) in [7, 11) is 3.48. The van der Waals surface area contributed by atoms with Gasteiger partial charge in [0.2, 0.25) is 0 Å². The van der Waals surface area contributed by atoms with Gasteiger partial charge in [-0.3, -0.25) is 4.79 Å². The molecule has 20 heavy (non-hydrogen) atoms. The van der Waals surface area contributed by atoms with Crippen LogP contribution in [-0.2, 0) is 0 Å². The Hall–Kier alpha value is -1.62. The topological polar surface area (TPSA) is 44.4 Å². The number of thiocarbonyl (C=S) groups is 1. The highest BCUT2D eigenvalue weighted by atomic mass is 32.1. The fraction of sp³-hybridized carbons (Fsp3) is 0.467. The molecular formula is C15H23N3OS. The molecule has 0 heterocycles. The number of anilines is 1. The summed E-state index contributed by atoms with van der Waals surface area (Å²) in [6, 6.07) is 7.31. The number of hydrogen-bond donors (Lipinski definition) is 2. The lowest BCUT2D eigenvalue weighted by Gasteiger charge is -2.12. The largest absolute Gasteiger partial charge is 0.362 e. The minimum atomic E-state index is -0.00295. The Bertz CT molecular complexity index is 443. The zero-order valence-electron chi connectivity index (χ0n) is 12.4. The molecule has 0 atom stereocenters. The highest BCUT2D eigenvalue weighted by Crippen LogP contribution is 2.10. The molecule has 1 rings (SSSR count). The van der Waals surface area contributed by atoms with Crippen molar-refractivity contribution in [2.75, 3.05) is 26.0 Å². The molecule has 0 aliphatic carbocycles. The molecule has 0 aliphatic rings. The molecule has 0 saturated heterocycles. The van der Waals surface area contributed by atoms with E-state index in [1.165, 1.54) is 12.8 Å². The zero-order valence-corrected chi connectivity index (χ0v) is 13.2. The van der Waals surface area contributed by atoms with E-state index in [0.29, 0.717) is 10.7 Å². The van der Waals surface area contributed by atoms with Crippen molar-refractivity contribution in [2.24, 2.45) is 0 Å². The summed E-state index contributed by atoms with van der Waals surface area (Å²) in [6.07, 6.45) is 3.52. The average Bonchev–Trinajstić information content (AvgIpc) is 2.43. The summed E-state index contributed by atoms with van der Waals surface area (Å²) >= 11 is 5.21. The zero-order chi connectivity index (χ0) is 15.0. The van der Waals surface area contributed by atoms with Gasteiger partial charge in [-0.2, -0.15) is 0 Å². The highest BCUT2D eigenvalue weighted by Gasteiger charge is 2.07. The van der Waals surface area contributed by atoms with Crippen LogP contribution in [0.1, 0.15) is 36.5 Å². The SMILES string of the molecule is CCCCCNC(=S)Nc1ccc(C(=O)N(C)C)cc1. The first kappa shape index (κ1) is 16.4. The van der Waals surface area contributed by atoms with E-state index in [0.717, 1.165) is 18.7 Å². The fourth-order valence-electron chi connectivity index (χ4n) is 1.71. The van der Waals surface area contributed by atoms with Crippen molar-refractivity contribution in [1.29, 1.82) is 0 Å². The molecule has 2 N–H and O–H groups in total. The monoisotopic (exact) mass is 293 g/mol. The summed E-state index contributed by atoms with van der Waals surface area (Å²) in [4.78, 5) is 13.3. The predicted molar refractivity (Wildman–Crippen MR) is 88.2 cm³/mol. The van der Waals surface area contributed by atoms with Crippen LogP contribution in [0.2, 0.25) is 0 Å². The number of hydrogen-bond acceptors (Lipinski definition) is 2. The lowest BCUT2D eigenvalue weighted by Crippen LogP contribution is -2.29. The van der Waals surface area contributed by atoms with Gasteiger partial charge < -0.3 is 15.5 Å². The van der Waals surface area contributed by atoms with Gasteiger partial charge in [0.1, 0.15) is 0 Å². The normalized spacial score (nSPS) is 9.95. The van der Waals surface area contributed by atoms with Crippen molar-refractivity contribution >= 4 is 28.9 Å². The standard InChI is InChI=1S/C15H23N3OS/c1-4-5-6-11-16-15(20)17-13-9-7-12(8-10-13)14(19)18(2)3/h7-10H,4-6,11H2,1-3H3,(H2,16,17,20). The maximum atomic E-state index is 11.7. The molecule has 0 radical (unpaired) electrons. The van der Waals surface area contributed by atoms with E-state index in [-0.39, 0.29) is 5.91 Å². The first-order valence-electron chi connectivity index (χ1n) is 6.91. The van der Waals surface area contributed by atoms with Crippen LogP contribution in [0.3, 0.4) is 0 Å². The Labute approximate surface area is 126 Å². The van der Waals surface area contributed by atoms with Crippen LogP contribution in [-0.4, -0.2) is 36.6 Å². The smallest absolute Gasteiger partial charge is 0.253 e. The Balaban J connectivity index is 2.45. The van der Waals surface area contributed by atoms with Gasteiger partial charge in [-0.15, -0.1) is 0 Å². The minimum absolute atomic E-state index is 0.00295. The van der Waals surface area contributed by atoms with Gasteiger partial charge in [0.15, 0.2) is 5.11 Å². The number of carbonyl (C=O) groups is 1. The maximum Gasteiger partial charge on any atom is 0.253 e. The number of unbranched alkanes of at least 4 members (excludes halogenated alkanes) is 2. The Kier molecular flexibility index (Phi) is 7.01. The van der Waals surface area contributed by atoms with E-state index in [9.17, 15) is 4.79 Å². The molecular weight excluding hydrogens is 270 g/mol. The second kappa shape index (κ2) is 8.53. The molecule has 110 valence electrons. The van der Waals surface area contributed by atoms with Crippen LogP contribution < -0.4 is 10.6 Å². The average molecular weight is 293 g/mol. The number of rotatable bonds is 6. The second-order valence-corrected chi connectivity index (χ2v) is 5.27. The van der Waals surface area contributed by atoms with Gasteiger partial charge in [0.05, 0.1) is 0 Å². The van der Waals surface area contributed by atoms with Crippen LogP contribution >= 0.6 is 12.2 Å². The highest BCUT2D eigenvalue weighted by molar-refractivity contribution is 7.80. The molecule has 0 aromatic heterocycles. The van der Waals surface area contributed by atoms with Gasteiger partial charge in [0, 0.05) is 31.9 Å². The van der Waals surface area contributed by atoms with Crippen molar-refractivity contribution in [1.82, 2.24) is 10.2 Å². The van der Waals surface area contributed by atoms with E-state index < -0.39 is 0 Å². The third-order valence-electron chi connectivity index (χ3n) is 2.86. The van der Waals surface area contributed by atoms with E-state index in [1.807, 2.05) is 12.1 Å². The van der Waals surface area contributed by atoms with Gasteiger partial charge >= 0.3 is 0 Å². The molecule has 0 spiro atoms. The molecule has 0 unspecified atom stereocenters. The molecule has 1 aromatic carbocycles.